The van der Waals surface area contributed by atoms with Crippen molar-refractivity contribution in [3.63, 3.8) is 0 Å². The summed E-state index contributed by atoms with van der Waals surface area (Å²) in [6.45, 7) is 5.32. The van der Waals surface area contributed by atoms with Crippen LogP contribution in [0.1, 0.15) is 28.5 Å². The average Bonchev–Trinajstić information content (AvgIpc) is 2.56. The number of anilines is 1. The van der Waals surface area contributed by atoms with Crippen LogP contribution in [-0.2, 0) is 16.1 Å². The summed E-state index contributed by atoms with van der Waals surface area (Å²) in [5.41, 5.74) is 1.85. The van der Waals surface area contributed by atoms with Crippen LogP contribution in [0.25, 0.3) is 0 Å². The number of hydrogen-bond donors (Lipinski definition) is 1. The Balaban J connectivity index is 2.04. The van der Waals surface area contributed by atoms with E-state index in [0.29, 0.717) is 29.1 Å². The molecule has 0 aliphatic carbocycles. The summed E-state index contributed by atoms with van der Waals surface area (Å²) in [5.74, 6) is -0.769. The number of esters is 1. The van der Waals surface area contributed by atoms with Crippen molar-refractivity contribution in [2.45, 2.75) is 27.3 Å². The van der Waals surface area contributed by atoms with Crippen molar-refractivity contribution in [2.24, 2.45) is 0 Å². The predicted molar refractivity (Wildman–Crippen MR) is 89.0 cm³/mol. The molecular weight excluding hydrogens is 310 g/mol. The van der Waals surface area contributed by atoms with Crippen molar-refractivity contribution < 1.29 is 14.3 Å². The maximum atomic E-state index is 12.1. The molecule has 0 aliphatic rings. The smallest absolute Gasteiger partial charge is 0.338 e. The third-order valence-electron chi connectivity index (χ3n) is 3.51. The standard InChI is InChI=1S/C17H19N3O4/c1-4-24-17(23)13-5-7-14(8-6-13)19-15(21)9-20-10-18-12(3)11(2)16(20)22/h5-8,10H,4,9H2,1-3H3,(H,19,21). The van der Waals surface area contributed by atoms with Gasteiger partial charge in [-0.05, 0) is 45.0 Å². The monoisotopic (exact) mass is 329 g/mol. The van der Waals surface area contributed by atoms with Gasteiger partial charge in [0.05, 0.1) is 18.5 Å². The molecule has 2 aromatic rings. The minimum atomic E-state index is -0.414. The summed E-state index contributed by atoms with van der Waals surface area (Å²) >= 11 is 0. The fraction of sp³-hybridized carbons (Fsp3) is 0.294. The maximum Gasteiger partial charge on any atom is 0.338 e. The van der Waals surface area contributed by atoms with Crippen molar-refractivity contribution in [3.8, 4) is 0 Å². The molecule has 1 amide bonds. The third kappa shape index (κ3) is 4.07. The number of benzene rings is 1. The number of amides is 1. The number of carbonyl (C=O) groups is 2. The number of ether oxygens (including phenoxy) is 1. The number of carbonyl (C=O) groups excluding carboxylic acids is 2. The third-order valence-corrected chi connectivity index (χ3v) is 3.51. The first-order valence-corrected chi connectivity index (χ1v) is 7.52. The van der Waals surface area contributed by atoms with E-state index in [0.717, 1.165) is 0 Å². The quantitative estimate of drug-likeness (QED) is 0.843. The highest BCUT2D eigenvalue weighted by atomic mass is 16.5. The second-order valence-corrected chi connectivity index (χ2v) is 5.23. The Morgan fingerprint density at radius 2 is 1.88 bits per heavy atom. The zero-order chi connectivity index (χ0) is 17.7. The highest BCUT2D eigenvalue weighted by Crippen LogP contribution is 2.10. The van der Waals surface area contributed by atoms with E-state index in [1.807, 2.05) is 0 Å². The topological polar surface area (TPSA) is 90.3 Å². The largest absolute Gasteiger partial charge is 0.462 e. The van der Waals surface area contributed by atoms with Gasteiger partial charge < -0.3 is 10.1 Å². The fourth-order valence-corrected chi connectivity index (χ4v) is 2.05. The molecular formula is C17H19N3O4. The molecule has 0 unspecified atom stereocenters. The summed E-state index contributed by atoms with van der Waals surface area (Å²) in [6.07, 6.45) is 1.36. The molecule has 1 aromatic heterocycles. The number of rotatable bonds is 5. The Morgan fingerprint density at radius 1 is 1.21 bits per heavy atom. The zero-order valence-electron chi connectivity index (χ0n) is 13.8. The van der Waals surface area contributed by atoms with E-state index in [2.05, 4.69) is 10.3 Å². The highest BCUT2D eigenvalue weighted by molar-refractivity contribution is 5.93. The summed E-state index contributed by atoms with van der Waals surface area (Å²) in [5, 5.41) is 2.67. The molecule has 0 saturated heterocycles. The number of nitrogens with zero attached hydrogens (tertiary/aromatic N) is 2. The Morgan fingerprint density at radius 3 is 2.50 bits per heavy atom. The second-order valence-electron chi connectivity index (χ2n) is 5.23. The summed E-state index contributed by atoms with van der Waals surface area (Å²) < 4.78 is 6.15. The predicted octanol–water partition coefficient (Wildman–Crippen LogP) is 1.68. The molecule has 0 bridgehead atoms. The molecule has 24 heavy (non-hydrogen) atoms. The van der Waals surface area contributed by atoms with Crippen molar-refractivity contribution >= 4 is 17.6 Å². The van der Waals surface area contributed by atoms with E-state index < -0.39 is 5.97 Å². The highest BCUT2D eigenvalue weighted by Gasteiger charge is 2.10. The first kappa shape index (κ1) is 17.4. The number of nitrogens with one attached hydrogen (secondary N) is 1. The van der Waals surface area contributed by atoms with Crippen LogP contribution < -0.4 is 10.9 Å². The Bertz CT molecular complexity index is 810. The summed E-state index contributed by atoms with van der Waals surface area (Å²) in [7, 11) is 0. The molecule has 0 atom stereocenters. The van der Waals surface area contributed by atoms with Crippen molar-refractivity contribution in [2.75, 3.05) is 11.9 Å². The Hall–Kier alpha value is -2.96. The van der Waals surface area contributed by atoms with Gasteiger partial charge in [0.1, 0.15) is 6.54 Å². The molecule has 1 N–H and O–H groups in total. The minimum Gasteiger partial charge on any atom is -0.462 e. The van der Waals surface area contributed by atoms with Gasteiger partial charge in [-0.25, -0.2) is 9.78 Å². The summed E-state index contributed by atoms with van der Waals surface area (Å²) in [6, 6.07) is 6.34. The van der Waals surface area contributed by atoms with Crippen molar-refractivity contribution in [3.05, 3.63) is 57.8 Å². The fourth-order valence-electron chi connectivity index (χ4n) is 2.05. The molecule has 1 heterocycles. The number of hydrogen-bond acceptors (Lipinski definition) is 5. The normalized spacial score (nSPS) is 10.3. The van der Waals surface area contributed by atoms with Crippen molar-refractivity contribution in [1.82, 2.24) is 9.55 Å². The minimum absolute atomic E-state index is 0.132. The van der Waals surface area contributed by atoms with E-state index in [1.54, 1.807) is 45.0 Å². The van der Waals surface area contributed by atoms with Crippen LogP contribution in [0.2, 0.25) is 0 Å². The Kier molecular flexibility index (Phi) is 5.47. The van der Waals surface area contributed by atoms with Gasteiger partial charge in [-0.15, -0.1) is 0 Å². The van der Waals surface area contributed by atoms with E-state index in [-0.39, 0.29) is 18.0 Å². The number of aromatic nitrogens is 2. The van der Waals surface area contributed by atoms with Crippen LogP contribution >= 0.6 is 0 Å². The lowest BCUT2D eigenvalue weighted by Gasteiger charge is -2.09. The molecule has 1 aromatic carbocycles. The number of aryl methyl sites for hydroxylation is 1. The molecule has 0 saturated carbocycles. The molecule has 0 aliphatic heterocycles. The molecule has 7 heteroatoms. The molecule has 0 fully saturated rings. The van der Waals surface area contributed by atoms with Gasteiger partial charge in [-0.3, -0.25) is 14.2 Å². The molecule has 0 spiro atoms. The van der Waals surface area contributed by atoms with Gasteiger partial charge >= 0.3 is 5.97 Å². The van der Waals surface area contributed by atoms with Gasteiger partial charge in [0.25, 0.3) is 5.56 Å². The van der Waals surface area contributed by atoms with Gasteiger partial charge in [0, 0.05) is 16.9 Å². The first-order valence-electron chi connectivity index (χ1n) is 7.52. The van der Waals surface area contributed by atoms with Crippen LogP contribution in [0.4, 0.5) is 5.69 Å². The lowest BCUT2D eigenvalue weighted by atomic mass is 10.2. The molecule has 7 nitrogen and oxygen atoms in total. The average molecular weight is 329 g/mol. The van der Waals surface area contributed by atoms with Crippen LogP contribution in [0, 0.1) is 13.8 Å². The van der Waals surface area contributed by atoms with E-state index in [4.69, 9.17) is 4.74 Å². The summed E-state index contributed by atoms with van der Waals surface area (Å²) in [4.78, 5) is 39.8. The second kappa shape index (κ2) is 7.54. The van der Waals surface area contributed by atoms with Gasteiger partial charge in [0.2, 0.25) is 5.91 Å². The van der Waals surface area contributed by atoms with Crippen LogP contribution in [0.5, 0.6) is 0 Å². The Labute approximate surface area is 139 Å². The maximum absolute atomic E-state index is 12.1. The van der Waals surface area contributed by atoms with Crippen molar-refractivity contribution in [1.29, 1.82) is 0 Å². The van der Waals surface area contributed by atoms with Gasteiger partial charge in [-0.1, -0.05) is 0 Å². The zero-order valence-corrected chi connectivity index (χ0v) is 13.8. The molecule has 126 valence electrons. The molecule has 0 radical (unpaired) electrons. The van der Waals surface area contributed by atoms with Crippen LogP contribution in [0.15, 0.2) is 35.4 Å². The first-order chi connectivity index (χ1) is 11.4. The molecule has 2 rings (SSSR count). The van der Waals surface area contributed by atoms with E-state index in [1.165, 1.54) is 10.9 Å². The van der Waals surface area contributed by atoms with Crippen LogP contribution in [-0.4, -0.2) is 28.0 Å². The lowest BCUT2D eigenvalue weighted by Crippen LogP contribution is -2.29. The van der Waals surface area contributed by atoms with Crippen LogP contribution in [0.3, 0.4) is 0 Å². The van der Waals surface area contributed by atoms with E-state index >= 15 is 0 Å². The van der Waals surface area contributed by atoms with E-state index in [9.17, 15) is 14.4 Å². The lowest BCUT2D eigenvalue weighted by molar-refractivity contribution is -0.116. The SMILES string of the molecule is CCOC(=O)c1ccc(NC(=O)Cn2cnc(C)c(C)c2=O)cc1. The van der Waals surface area contributed by atoms with Gasteiger partial charge in [-0.2, -0.15) is 0 Å². The van der Waals surface area contributed by atoms with Gasteiger partial charge in [0.15, 0.2) is 0 Å².